The molecule has 1 aliphatic rings. The average molecular weight is 231 g/mol. The monoisotopic (exact) mass is 231 g/mol. The van der Waals surface area contributed by atoms with E-state index in [1.54, 1.807) is 4.90 Å². The molecule has 0 aromatic heterocycles. The van der Waals surface area contributed by atoms with Crippen LogP contribution >= 0.6 is 0 Å². The summed E-state index contributed by atoms with van der Waals surface area (Å²) < 4.78 is 10.6. The summed E-state index contributed by atoms with van der Waals surface area (Å²) in [5.74, 6) is 0. The molecule has 5 heteroatoms. The third-order valence-electron chi connectivity index (χ3n) is 2.34. The molecular weight excluding hydrogens is 210 g/mol. The van der Waals surface area contributed by atoms with Gasteiger partial charge in [-0.25, -0.2) is 4.79 Å². The number of nitrogens with zero attached hydrogens (tertiary/aromatic N) is 1. The van der Waals surface area contributed by atoms with Gasteiger partial charge in [0.2, 0.25) is 0 Å². The van der Waals surface area contributed by atoms with Crippen molar-refractivity contribution in [3.8, 4) is 0 Å². The minimum absolute atomic E-state index is 0.0161. The first kappa shape index (κ1) is 13.3. The molecule has 1 aliphatic heterocycles. The second-order valence-electron chi connectivity index (χ2n) is 5.12. The lowest BCUT2D eigenvalue weighted by atomic mass is 10.2. The molecule has 0 radical (unpaired) electrons. The van der Waals surface area contributed by atoms with Gasteiger partial charge >= 0.3 is 6.09 Å². The normalized spacial score (nSPS) is 26.7. The lowest BCUT2D eigenvalue weighted by Gasteiger charge is -2.38. The summed E-state index contributed by atoms with van der Waals surface area (Å²) in [6.45, 7) is 8.14. The zero-order valence-corrected chi connectivity index (χ0v) is 10.4. The number of rotatable bonds is 1. The SMILES string of the molecule is C[C@@H]1CO[C@H](CO)CN1C(=O)OC(C)(C)C. The maximum atomic E-state index is 11.9. The number of aliphatic hydroxyl groups excluding tert-OH is 1. The Bertz CT molecular complexity index is 249. The molecule has 0 saturated carbocycles. The highest BCUT2D eigenvalue weighted by molar-refractivity contribution is 5.68. The highest BCUT2D eigenvalue weighted by atomic mass is 16.6. The summed E-state index contributed by atoms with van der Waals surface area (Å²) in [7, 11) is 0. The van der Waals surface area contributed by atoms with Crippen molar-refractivity contribution in [3.63, 3.8) is 0 Å². The third kappa shape index (κ3) is 3.64. The van der Waals surface area contributed by atoms with E-state index in [9.17, 15) is 4.79 Å². The van der Waals surface area contributed by atoms with Gasteiger partial charge in [-0.3, -0.25) is 0 Å². The molecule has 94 valence electrons. The highest BCUT2D eigenvalue weighted by Crippen LogP contribution is 2.16. The van der Waals surface area contributed by atoms with Gasteiger partial charge in [0.1, 0.15) is 5.60 Å². The van der Waals surface area contributed by atoms with Crippen molar-refractivity contribution in [3.05, 3.63) is 0 Å². The Morgan fingerprint density at radius 2 is 2.19 bits per heavy atom. The molecule has 1 saturated heterocycles. The Morgan fingerprint density at radius 3 is 2.69 bits per heavy atom. The average Bonchev–Trinajstić information content (AvgIpc) is 2.15. The molecular formula is C11H21NO4. The first-order chi connectivity index (χ1) is 7.33. The van der Waals surface area contributed by atoms with E-state index in [0.717, 1.165) is 0 Å². The van der Waals surface area contributed by atoms with Gasteiger partial charge in [0.05, 0.1) is 31.9 Å². The molecule has 0 aromatic carbocycles. The predicted molar refractivity (Wildman–Crippen MR) is 59.2 cm³/mol. The van der Waals surface area contributed by atoms with Crippen LogP contribution in [0, 0.1) is 0 Å². The van der Waals surface area contributed by atoms with E-state index in [0.29, 0.717) is 13.2 Å². The Kier molecular flexibility index (Phi) is 4.15. The molecule has 16 heavy (non-hydrogen) atoms. The van der Waals surface area contributed by atoms with Crippen molar-refractivity contribution in [2.75, 3.05) is 19.8 Å². The summed E-state index contributed by atoms with van der Waals surface area (Å²) in [5, 5.41) is 9.01. The van der Waals surface area contributed by atoms with Gasteiger partial charge in [-0.05, 0) is 27.7 Å². The van der Waals surface area contributed by atoms with Gasteiger partial charge in [0.15, 0.2) is 0 Å². The summed E-state index contributed by atoms with van der Waals surface area (Å²) in [6, 6.07) is -0.0161. The molecule has 5 nitrogen and oxygen atoms in total. The maximum Gasteiger partial charge on any atom is 0.410 e. The number of morpholine rings is 1. The van der Waals surface area contributed by atoms with Crippen LogP contribution in [-0.2, 0) is 9.47 Å². The van der Waals surface area contributed by atoms with Gasteiger partial charge in [-0.2, -0.15) is 0 Å². The second-order valence-corrected chi connectivity index (χ2v) is 5.12. The van der Waals surface area contributed by atoms with Gasteiger partial charge in [0, 0.05) is 0 Å². The summed E-state index contributed by atoms with van der Waals surface area (Å²) in [4.78, 5) is 13.5. The van der Waals surface area contributed by atoms with Crippen LogP contribution in [0.25, 0.3) is 0 Å². The van der Waals surface area contributed by atoms with Crippen molar-refractivity contribution >= 4 is 6.09 Å². The van der Waals surface area contributed by atoms with E-state index in [-0.39, 0.29) is 24.8 Å². The van der Waals surface area contributed by atoms with Gasteiger partial charge in [-0.15, -0.1) is 0 Å². The standard InChI is InChI=1S/C11H21NO4/c1-8-7-15-9(6-13)5-12(8)10(14)16-11(2,3)4/h8-9,13H,5-7H2,1-4H3/t8-,9+/m1/s1. The number of ether oxygens (including phenoxy) is 2. The Morgan fingerprint density at radius 1 is 1.56 bits per heavy atom. The fourth-order valence-electron chi connectivity index (χ4n) is 1.50. The highest BCUT2D eigenvalue weighted by Gasteiger charge is 2.32. The number of hydrogen-bond donors (Lipinski definition) is 1. The van der Waals surface area contributed by atoms with Crippen molar-refractivity contribution in [1.82, 2.24) is 4.90 Å². The van der Waals surface area contributed by atoms with E-state index in [4.69, 9.17) is 14.6 Å². The third-order valence-corrected chi connectivity index (χ3v) is 2.34. The summed E-state index contributed by atoms with van der Waals surface area (Å²) in [5.41, 5.74) is -0.496. The van der Waals surface area contributed by atoms with Gasteiger partial charge < -0.3 is 19.5 Å². The molecule has 0 bridgehead atoms. The fraction of sp³-hybridized carbons (Fsp3) is 0.909. The van der Waals surface area contributed by atoms with E-state index >= 15 is 0 Å². The topological polar surface area (TPSA) is 59.0 Å². The maximum absolute atomic E-state index is 11.9. The van der Waals surface area contributed by atoms with Crippen LogP contribution < -0.4 is 0 Å². The van der Waals surface area contributed by atoms with Gasteiger partial charge in [-0.1, -0.05) is 0 Å². The number of amides is 1. The number of carbonyl (C=O) groups is 1. The molecule has 0 spiro atoms. The van der Waals surface area contributed by atoms with Crippen molar-refractivity contribution in [2.24, 2.45) is 0 Å². The van der Waals surface area contributed by atoms with Crippen LogP contribution in [0.2, 0.25) is 0 Å². The first-order valence-corrected chi connectivity index (χ1v) is 5.55. The van der Waals surface area contributed by atoms with E-state index in [1.165, 1.54) is 0 Å². The molecule has 0 aromatic rings. The van der Waals surface area contributed by atoms with Crippen LogP contribution in [0.5, 0.6) is 0 Å². The van der Waals surface area contributed by atoms with Crippen molar-refractivity contribution in [1.29, 1.82) is 0 Å². The number of carbonyl (C=O) groups excluding carboxylic acids is 1. The van der Waals surface area contributed by atoms with Crippen LogP contribution in [0.4, 0.5) is 4.79 Å². The van der Waals surface area contributed by atoms with E-state index < -0.39 is 5.60 Å². The Labute approximate surface area is 96.3 Å². The van der Waals surface area contributed by atoms with Gasteiger partial charge in [0.25, 0.3) is 0 Å². The number of aliphatic hydroxyl groups is 1. The minimum atomic E-state index is -0.496. The summed E-state index contributed by atoms with van der Waals surface area (Å²) >= 11 is 0. The zero-order valence-electron chi connectivity index (χ0n) is 10.4. The van der Waals surface area contributed by atoms with Crippen molar-refractivity contribution < 1.29 is 19.4 Å². The largest absolute Gasteiger partial charge is 0.444 e. The van der Waals surface area contributed by atoms with Crippen LogP contribution in [0.3, 0.4) is 0 Å². The molecule has 1 fully saturated rings. The molecule has 1 rings (SSSR count). The molecule has 1 heterocycles. The van der Waals surface area contributed by atoms with Crippen LogP contribution in [0.1, 0.15) is 27.7 Å². The lowest BCUT2D eigenvalue weighted by Crippen LogP contribution is -2.53. The van der Waals surface area contributed by atoms with Crippen molar-refractivity contribution in [2.45, 2.75) is 45.4 Å². The van der Waals surface area contributed by atoms with E-state index in [1.807, 2.05) is 27.7 Å². The number of hydrogen-bond acceptors (Lipinski definition) is 4. The van der Waals surface area contributed by atoms with E-state index in [2.05, 4.69) is 0 Å². The Hall–Kier alpha value is -0.810. The summed E-state index contributed by atoms with van der Waals surface area (Å²) in [6.07, 6.45) is -0.648. The molecule has 2 atom stereocenters. The molecule has 0 unspecified atom stereocenters. The second kappa shape index (κ2) is 5.01. The lowest BCUT2D eigenvalue weighted by molar-refractivity contribution is -0.0806. The smallest absolute Gasteiger partial charge is 0.410 e. The zero-order chi connectivity index (χ0) is 12.3. The first-order valence-electron chi connectivity index (χ1n) is 5.55. The molecule has 0 aliphatic carbocycles. The van der Waals surface area contributed by atoms with Crippen LogP contribution in [-0.4, -0.2) is 53.6 Å². The molecule has 1 amide bonds. The Balaban J connectivity index is 2.59. The van der Waals surface area contributed by atoms with Crippen LogP contribution in [0.15, 0.2) is 0 Å². The predicted octanol–water partition coefficient (Wildman–Crippen LogP) is 1.00. The minimum Gasteiger partial charge on any atom is -0.444 e. The quantitative estimate of drug-likeness (QED) is 0.731. The fourth-order valence-corrected chi connectivity index (χ4v) is 1.50. The molecule has 1 N–H and O–H groups in total.